The number of hydrogen-bond donors (Lipinski definition) is 3. The van der Waals surface area contributed by atoms with Crippen molar-refractivity contribution in [3.8, 4) is 11.5 Å². The van der Waals surface area contributed by atoms with Crippen LogP contribution in [0.15, 0.2) is 60.2 Å². The number of benzene rings is 2. The first kappa shape index (κ1) is 20.4. The molecule has 170 valence electrons. The topological polar surface area (TPSA) is 94.4 Å². The molecule has 2 heterocycles. The summed E-state index contributed by atoms with van der Waals surface area (Å²) in [6, 6.07) is 12.5. The molecule has 1 spiro atoms. The van der Waals surface area contributed by atoms with E-state index in [1.807, 2.05) is 30.3 Å². The summed E-state index contributed by atoms with van der Waals surface area (Å²) in [5, 5.41) is 27.4. The Balaban J connectivity index is 1.43. The van der Waals surface area contributed by atoms with Gasteiger partial charge in [-0.1, -0.05) is 30.3 Å². The van der Waals surface area contributed by atoms with E-state index >= 15 is 0 Å². The molecule has 2 aliphatic carbocycles. The number of piperidine rings is 1. The van der Waals surface area contributed by atoms with E-state index in [-0.39, 0.29) is 17.7 Å². The first-order valence-electron chi connectivity index (χ1n) is 11.5. The number of phenols is 1. The Bertz CT molecular complexity index is 1180. The average molecular weight is 446 g/mol. The van der Waals surface area contributed by atoms with Crippen LogP contribution in [0.4, 0.5) is 0 Å². The molecule has 7 nitrogen and oxygen atoms in total. The number of amides is 1. The maximum absolute atomic E-state index is 12.6. The van der Waals surface area contributed by atoms with Crippen molar-refractivity contribution in [2.75, 3.05) is 13.1 Å². The van der Waals surface area contributed by atoms with Crippen LogP contribution in [-0.2, 0) is 11.8 Å². The van der Waals surface area contributed by atoms with Gasteiger partial charge in [0.1, 0.15) is 0 Å². The molecular formula is C26H27N3O4. The van der Waals surface area contributed by atoms with E-state index < -0.39 is 17.1 Å². The average Bonchev–Trinajstić information content (AvgIpc) is 3.18. The molecule has 33 heavy (non-hydrogen) atoms. The lowest BCUT2D eigenvalue weighted by Gasteiger charge is -2.62. The number of hydrogen-bond acceptors (Lipinski definition) is 6. The van der Waals surface area contributed by atoms with Crippen molar-refractivity contribution >= 4 is 11.6 Å². The van der Waals surface area contributed by atoms with Gasteiger partial charge in [-0.05, 0) is 49.4 Å². The Labute approximate surface area is 192 Å². The SMILES string of the molecule is C=CCN1CCC23c4c5ccc(O)c4O[C@@H]2/C(=N/NC(=O)c2ccccc2)CCC3(O)C1C5. The lowest BCUT2D eigenvalue weighted by atomic mass is 9.49. The molecule has 6 rings (SSSR count). The predicted molar refractivity (Wildman–Crippen MR) is 124 cm³/mol. The van der Waals surface area contributed by atoms with Gasteiger partial charge in [-0.2, -0.15) is 5.10 Å². The molecule has 2 aliphatic heterocycles. The second-order valence-electron chi connectivity index (χ2n) is 9.51. The van der Waals surface area contributed by atoms with Gasteiger partial charge in [0, 0.05) is 30.3 Å². The van der Waals surface area contributed by atoms with Crippen LogP contribution in [0.25, 0.3) is 0 Å². The summed E-state index contributed by atoms with van der Waals surface area (Å²) < 4.78 is 6.39. The van der Waals surface area contributed by atoms with Crippen molar-refractivity contribution in [2.24, 2.45) is 5.10 Å². The summed E-state index contributed by atoms with van der Waals surface area (Å²) in [6.07, 6.45) is 3.73. The highest BCUT2D eigenvalue weighted by molar-refractivity contribution is 5.98. The van der Waals surface area contributed by atoms with Crippen LogP contribution in [0.5, 0.6) is 11.5 Å². The summed E-state index contributed by atoms with van der Waals surface area (Å²) in [7, 11) is 0. The van der Waals surface area contributed by atoms with Crippen molar-refractivity contribution in [1.82, 2.24) is 10.3 Å². The van der Waals surface area contributed by atoms with Crippen LogP contribution < -0.4 is 10.2 Å². The molecule has 1 saturated heterocycles. The van der Waals surface area contributed by atoms with Crippen LogP contribution >= 0.6 is 0 Å². The summed E-state index contributed by atoms with van der Waals surface area (Å²) >= 11 is 0. The normalized spacial score (nSPS) is 32.7. The molecule has 0 radical (unpaired) electrons. The molecule has 2 bridgehead atoms. The van der Waals surface area contributed by atoms with Crippen LogP contribution in [-0.4, -0.2) is 57.6 Å². The molecule has 3 unspecified atom stereocenters. The number of aliphatic hydroxyl groups is 1. The number of phenolic OH excluding ortho intramolecular Hbond substituents is 1. The number of ether oxygens (including phenoxy) is 1. The minimum absolute atomic E-state index is 0.0706. The van der Waals surface area contributed by atoms with E-state index in [2.05, 4.69) is 22.0 Å². The van der Waals surface area contributed by atoms with Gasteiger partial charge in [0.25, 0.3) is 5.91 Å². The number of nitrogens with one attached hydrogen (secondary N) is 1. The van der Waals surface area contributed by atoms with E-state index in [0.717, 1.165) is 17.7 Å². The standard InChI is InChI=1S/C26H27N3O4/c1-2-13-29-14-12-25-21-17-8-9-19(30)22(21)33-23(25)18(10-11-26(25,32)20(29)15-17)27-28-24(31)16-6-4-3-5-7-16/h2-9,20,23,30,32H,1,10-15H2,(H,28,31)/b27-18+/t20?,23-,25?,26?/m1/s1. The van der Waals surface area contributed by atoms with Gasteiger partial charge in [0.05, 0.1) is 16.7 Å². The van der Waals surface area contributed by atoms with Crippen molar-refractivity contribution in [2.45, 2.75) is 48.8 Å². The number of carbonyl (C=O) groups excluding carboxylic acids is 1. The summed E-state index contributed by atoms with van der Waals surface area (Å²) in [5.41, 5.74) is 4.21. The third-order valence-electron chi connectivity index (χ3n) is 8.09. The minimum Gasteiger partial charge on any atom is -0.504 e. The lowest BCUT2D eigenvalue weighted by Crippen LogP contribution is -2.76. The van der Waals surface area contributed by atoms with Crippen molar-refractivity contribution in [3.63, 3.8) is 0 Å². The zero-order chi connectivity index (χ0) is 22.8. The highest BCUT2D eigenvalue weighted by atomic mass is 16.5. The first-order valence-corrected chi connectivity index (χ1v) is 11.5. The smallest absolute Gasteiger partial charge is 0.271 e. The fourth-order valence-electron chi connectivity index (χ4n) is 6.71. The Morgan fingerprint density at radius 2 is 2.09 bits per heavy atom. The fraction of sp³-hybridized carbons (Fsp3) is 0.385. The molecular weight excluding hydrogens is 418 g/mol. The van der Waals surface area contributed by atoms with Crippen molar-refractivity contribution in [3.05, 3.63) is 71.8 Å². The quantitative estimate of drug-likeness (QED) is 0.497. The number of likely N-dealkylation sites (tertiary alicyclic amines) is 1. The molecule has 1 saturated carbocycles. The predicted octanol–water partition coefficient (Wildman–Crippen LogP) is 2.52. The molecule has 4 atom stereocenters. The van der Waals surface area contributed by atoms with Gasteiger partial charge in [0.15, 0.2) is 17.6 Å². The molecule has 0 aromatic heterocycles. The van der Waals surface area contributed by atoms with Crippen molar-refractivity contribution < 1.29 is 19.7 Å². The number of carbonyl (C=O) groups is 1. The largest absolute Gasteiger partial charge is 0.504 e. The summed E-state index contributed by atoms with van der Waals surface area (Å²) in [5.74, 6) is 0.248. The van der Waals surface area contributed by atoms with E-state index in [1.54, 1.807) is 18.2 Å². The number of rotatable bonds is 4. The highest BCUT2D eigenvalue weighted by Crippen LogP contribution is 2.64. The van der Waals surface area contributed by atoms with E-state index in [0.29, 0.717) is 49.3 Å². The first-order chi connectivity index (χ1) is 16.0. The van der Waals surface area contributed by atoms with Gasteiger partial charge in [0.2, 0.25) is 0 Å². The van der Waals surface area contributed by atoms with E-state index in [1.165, 1.54) is 0 Å². The molecule has 2 fully saturated rings. The summed E-state index contributed by atoms with van der Waals surface area (Å²) in [6.45, 7) is 5.40. The zero-order valence-electron chi connectivity index (χ0n) is 18.3. The minimum atomic E-state index is -1.02. The zero-order valence-corrected chi connectivity index (χ0v) is 18.3. The molecule has 2 aromatic carbocycles. The van der Waals surface area contributed by atoms with E-state index in [9.17, 15) is 15.0 Å². The van der Waals surface area contributed by atoms with Gasteiger partial charge in [-0.3, -0.25) is 9.69 Å². The second-order valence-corrected chi connectivity index (χ2v) is 9.51. The van der Waals surface area contributed by atoms with Crippen LogP contribution in [0.1, 0.15) is 40.7 Å². The molecule has 4 aliphatic rings. The lowest BCUT2D eigenvalue weighted by molar-refractivity contribution is -0.163. The molecule has 2 aromatic rings. The Kier molecular flexibility index (Phi) is 4.44. The van der Waals surface area contributed by atoms with Crippen molar-refractivity contribution in [1.29, 1.82) is 0 Å². The maximum atomic E-state index is 12.6. The molecule has 3 N–H and O–H groups in total. The van der Waals surface area contributed by atoms with Gasteiger partial charge in [-0.25, -0.2) is 5.43 Å². The van der Waals surface area contributed by atoms with E-state index in [4.69, 9.17) is 4.74 Å². The second kappa shape index (κ2) is 7.17. The number of aromatic hydroxyl groups is 1. The third-order valence-corrected chi connectivity index (χ3v) is 8.09. The monoisotopic (exact) mass is 445 g/mol. The van der Waals surface area contributed by atoms with Gasteiger partial charge >= 0.3 is 0 Å². The van der Waals surface area contributed by atoms with Crippen LogP contribution in [0.3, 0.4) is 0 Å². The van der Waals surface area contributed by atoms with Crippen LogP contribution in [0, 0.1) is 0 Å². The fourth-order valence-corrected chi connectivity index (χ4v) is 6.71. The Morgan fingerprint density at radius 3 is 2.88 bits per heavy atom. The maximum Gasteiger partial charge on any atom is 0.271 e. The number of hydrazone groups is 1. The van der Waals surface area contributed by atoms with Crippen LogP contribution in [0.2, 0.25) is 0 Å². The van der Waals surface area contributed by atoms with Gasteiger partial charge < -0.3 is 14.9 Å². The highest BCUT2D eigenvalue weighted by Gasteiger charge is 2.72. The molecule has 7 heteroatoms. The Hall–Kier alpha value is -3.16. The molecule has 1 amide bonds. The Morgan fingerprint density at radius 1 is 1.27 bits per heavy atom. The summed E-state index contributed by atoms with van der Waals surface area (Å²) in [4.78, 5) is 14.9. The third kappa shape index (κ3) is 2.63. The van der Waals surface area contributed by atoms with Gasteiger partial charge in [-0.15, -0.1) is 6.58 Å². The number of nitrogens with zero attached hydrogens (tertiary/aromatic N) is 2.